The van der Waals surface area contributed by atoms with Gasteiger partial charge >= 0.3 is 11.9 Å². The number of hydrogen-bond acceptors (Lipinski definition) is 13. The molecule has 2 aromatic rings. The summed E-state index contributed by atoms with van der Waals surface area (Å²) in [5.74, 6) is -3.50. The molecule has 38 heavy (non-hydrogen) atoms. The number of rotatable bonds is 10. The average Bonchev–Trinajstić information content (AvgIpc) is 3.45. The molecule has 2 aliphatic heterocycles. The first-order chi connectivity index (χ1) is 18.1. The Morgan fingerprint density at radius 3 is 2.61 bits per heavy atom. The van der Waals surface area contributed by atoms with E-state index in [2.05, 4.69) is 20.4 Å². The zero-order valence-corrected chi connectivity index (χ0v) is 22.4. The first-order valence-electron chi connectivity index (χ1n) is 10.8. The second-order valence-electron chi connectivity index (χ2n) is 7.78. The van der Waals surface area contributed by atoms with Crippen LogP contribution in [0.1, 0.15) is 23.1 Å². The molecule has 4 rings (SSSR count). The molecule has 2 atom stereocenters. The number of carbonyl (C=O) groups excluding carboxylic acids is 2. The van der Waals surface area contributed by atoms with Crippen molar-refractivity contribution < 1.29 is 34.2 Å². The van der Waals surface area contributed by atoms with Crippen LogP contribution in [0.25, 0.3) is 0 Å². The Balaban J connectivity index is 1.51. The summed E-state index contributed by atoms with van der Waals surface area (Å²) in [7, 11) is 1.25. The number of aliphatic carboxylic acids is 1. The van der Waals surface area contributed by atoms with Crippen molar-refractivity contribution in [3.05, 3.63) is 28.0 Å². The maximum Gasteiger partial charge on any atom is 0.358 e. The summed E-state index contributed by atoms with van der Waals surface area (Å²) >= 11 is 3.51. The number of carboxylic acids is 2. The Labute approximate surface area is 227 Å². The smallest absolute Gasteiger partial charge is 0.358 e. The van der Waals surface area contributed by atoms with Crippen molar-refractivity contribution in [3.63, 3.8) is 0 Å². The number of anilines is 2. The van der Waals surface area contributed by atoms with Crippen molar-refractivity contribution in [2.75, 3.05) is 30.1 Å². The number of hydrogen-bond donors (Lipinski definition) is 5. The number of thioether (sulfide) groups is 2. The van der Waals surface area contributed by atoms with E-state index in [1.54, 1.807) is 6.92 Å². The van der Waals surface area contributed by atoms with Crippen molar-refractivity contribution in [2.24, 2.45) is 5.16 Å². The van der Waals surface area contributed by atoms with Crippen LogP contribution in [-0.2, 0) is 25.8 Å². The molecule has 0 aliphatic carbocycles. The summed E-state index contributed by atoms with van der Waals surface area (Å²) in [6.45, 7) is 2.14. The van der Waals surface area contributed by atoms with Crippen molar-refractivity contribution in [3.8, 4) is 0 Å². The number of nitrogens with one attached hydrogen (secondary N) is 1. The molecular formula is C20H22N8O7S3. The highest BCUT2D eigenvalue weighted by atomic mass is 32.2. The normalized spacial score (nSPS) is 19.2. The lowest BCUT2D eigenvalue weighted by Crippen LogP contribution is -2.71. The van der Waals surface area contributed by atoms with Crippen LogP contribution in [0.3, 0.4) is 0 Å². The quantitative estimate of drug-likeness (QED) is 0.108. The largest absolute Gasteiger partial charge is 0.477 e. The predicted molar refractivity (Wildman–Crippen MR) is 140 cm³/mol. The van der Waals surface area contributed by atoms with Gasteiger partial charge in [-0.15, -0.1) is 23.1 Å². The van der Waals surface area contributed by atoms with Crippen LogP contribution < -0.4 is 16.8 Å². The fraction of sp³-hybridized carbons (Fsp3) is 0.350. The van der Waals surface area contributed by atoms with Crippen LogP contribution in [-0.4, -0.2) is 89.1 Å². The number of thiazole rings is 1. The second kappa shape index (κ2) is 10.9. The number of carboxylic acid groups (broad SMARTS) is 2. The summed E-state index contributed by atoms with van der Waals surface area (Å²) in [5, 5.41) is 26.9. The molecule has 18 heteroatoms. The van der Waals surface area contributed by atoms with E-state index in [9.17, 15) is 29.4 Å². The third-order valence-electron chi connectivity index (χ3n) is 5.56. The number of aromatic nitrogens is 3. The lowest BCUT2D eigenvalue weighted by Gasteiger charge is -2.49. The van der Waals surface area contributed by atoms with E-state index in [1.807, 2.05) is 0 Å². The summed E-state index contributed by atoms with van der Waals surface area (Å²) in [6.07, 6.45) is 0. The van der Waals surface area contributed by atoms with Gasteiger partial charge in [0.25, 0.3) is 11.8 Å². The Kier molecular flexibility index (Phi) is 7.83. The zero-order chi connectivity index (χ0) is 27.7. The standard InChI is InChI=1S/C20H22N8O7S3/c1-3-27-13(21)10(17(31)32)25-20(27)38-5-7-4-36-16-11(15(30)28(16)12(7)18(33)34)24-14(29)9(26-35-2)8-6-37-19(22)23-8/h6,11,16H,3-5,21H2,1-2H3,(H2,22,23)(H,24,29)(H,31,32)(H,33,34)/b26-9-/t11-,16+/m1/s1. The van der Waals surface area contributed by atoms with Gasteiger partial charge < -0.3 is 36.4 Å². The molecule has 0 radical (unpaired) electrons. The van der Waals surface area contributed by atoms with E-state index in [-0.39, 0.29) is 45.3 Å². The Morgan fingerprint density at radius 1 is 1.29 bits per heavy atom. The number of nitrogens with two attached hydrogens (primary N) is 2. The van der Waals surface area contributed by atoms with Crippen LogP contribution in [0.2, 0.25) is 0 Å². The zero-order valence-electron chi connectivity index (χ0n) is 19.9. The Hall–Kier alpha value is -3.77. The van der Waals surface area contributed by atoms with Crippen molar-refractivity contribution in [1.29, 1.82) is 0 Å². The molecule has 1 saturated heterocycles. The summed E-state index contributed by atoms with van der Waals surface area (Å²) < 4.78 is 1.52. The van der Waals surface area contributed by atoms with Gasteiger partial charge in [0, 0.05) is 23.4 Å². The lowest BCUT2D eigenvalue weighted by atomic mass is 10.0. The second-order valence-corrected chi connectivity index (χ2v) is 10.7. The maximum absolute atomic E-state index is 13.0. The van der Waals surface area contributed by atoms with Gasteiger partial charge in [-0.2, -0.15) is 0 Å². The summed E-state index contributed by atoms with van der Waals surface area (Å²) in [5.41, 5.74) is 11.5. The number of imidazole rings is 1. The molecule has 0 saturated carbocycles. The monoisotopic (exact) mass is 582 g/mol. The molecule has 4 heterocycles. The minimum Gasteiger partial charge on any atom is -0.477 e. The topological polar surface area (TPSA) is 228 Å². The molecule has 202 valence electrons. The lowest BCUT2D eigenvalue weighted by molar-refractivity contribution is -0.150. The van der Waals surface area contributed by atoms with Gasteiger partial charge in [-0.1, -0.05) is 16.9 Å². The molecule has 1 fully saturated rings. The Morgan fingerprint density at radius 2 is 2.03 bits per heavy atom. The molecule has 2 aliphatic rings. The minimum absolute atomic E-state index is 0.00115. The van der Waals surface area contributed by atoms with Gasteiger partial charge in [0.05, 0.1) is 0 Å². The SMILES string of the molecule is CCn1c(SCC2=C(C(=O)O)N3C(=O)[C@@H](NC(=O)/C(=N\OC)c4csc(N)n4)[C@@H]3SC2)nc(C(=O)O)c1N. The molecular weight excluding hydrogens is 560 g/mol. The van der Waals surface area contributed by atoms with Crippen molar-refractivity contribution >= 4 is 75.3 Å². The van der Waals surface area contributed by atoms with E-state index in [4.69, 9.17) is 16.3 Å². The van der Waals surface area contributed by atoms with Crippen LogP contribution in [0.4, 0.5) is 10.9 Å². The average molecular weight is 583 g/mol. The number of β-lactam (4-membered cyclic amide) rings is 1. The summed E-state index contributed by atoms with van der Waals surface area (Å²) in [4.78, 5) is 63.4. The number of carbonyl (C=O) groups is 4. The van der Waals surface area contributed by atoms with E-state index in [0.29, 0.717) is 17.3 Å². The molecule has 0 unspecified atom stereocenters. The van der Waals surface area contributed by atoms with Crippen molar-refractivity contribution in [1.82, 2.24) is 24.8 Å². The van der Waals surface area contributed by atoms with Crippen LogP contribution in [0.15, 0.2) is 27.0 Å². The van der Waals surface area contributed by atoms with Gasteiger partial charge in [-0.05, 0) is 12.5 Å². The number of nitrogen functional groups attached to an aromatic ring is 2. The molecule has 15 nitrogen and oxygen atoms in total. The van der Waals surface area contributed by atoms with Gasteiger partial charge in [-0.25, -0.2) is 19.6 Å². The van der Waals surface area contributed by atoms with E-state index < -0.39 is 35.2 Å². The van der Waals surface area contributed by atoms with Crippen LogP contribution in [0, 0.1) is 0 Å². The van der Waals surface area contributed by atoms with Gasteiger partial charge in [0.2, 0.25) is 0 Å². The number of fused-ring (bicyclic) bond motifs is 1. The van der Waals surface area contributed by atoms with E-state index in [1.165, 1.54) is 28.8 Å². The van der Waals surface area contributed by atoms with Gasteiger partial charge in [-0.3, -0.25) is 14.5 Å². The molecule has 0 bridgehead atoms. The van der Waals surface area contributed by atoms with Crippen LogP contribution >= 0.6 is 34.9 Å². The number of aromatic carboxylic acids is 1. The minimum atomic E-state index is -1.30. The molecule has 2 aromatic heterocycles. The maximum atomic E-state index is 13.0. The number of amides is 2. The van der Waals surface area contributed by atoms with E-state index >= 15 is 0 Å². The fourth-order valence-corrected chi connectivity index (χ4v) is 6.97. The molecule has 0 aromatic carbocycles. The highest BCUT2D eigenvalue weighted by molar-refractivity contribution is 8.01. The van der Waals surface area contributed by atoms with Gasteiger partial charge in [0.1, 0.15) is 35.7 Å². The summed E-state index contributed by atoms with van der Waals surface area (Å²) in [6, 6.07) is -0.994. The molecule has 7 N–H and O–H groups in total. The molecule has 2 amide bonds. The first kappa shape index (κ1) is 27.3. The van der Waals surface area contributed by atoms with Gasteiger partial charge in [0.15, 0.2) is 21.7 Å². The highest BCUT2D eigenvalue weighted by Crippen LogP contribution is 2.41. The third-order valence-corrected chi connectivity index (χ3v) is 8.64. The van der Waals surface area contributed by atoms with E-state index in [0.717, 1.165) is 28.0 Å². The predicted octanol–water partition coefficient (Wildman–Crippen LogP) is 0.104. The fourth-order valence-electron chi connectivity index (χ4n) is 3.87. The van der Waals surface area contributed by atoms with Crippen LogP contribution in [0.5, 0.6) is 0 Å². The Bertz CT molecular complexity index is 1380. The highest BCUT2D eigenvalue weighted by Gasteiger charge is 2.54. The molecule has 0 spiro atoms. The van der Waals surface area contributed by atoms with Crippen molar-refractivity contribution in [2.45, 2.75) is 30.0 Å². The number of nitrogens with zero attached hydrogens (tertiary/aromatic N) is 5. The number of oxime groups is 1. The third kappa shape index (κ3) is 4.88. The first-order valence-corrected chi connectivity index (χ1v) is 13.8.